The number of rotatable bonds is 8. The van der Waals surface area contributed by atoms with Gasteiger partial charge in [-0.25, -0.2) is 9.97 Å². The highest BCUT2D eigenvalue weighted by molar-refractivity contribution is 7.98. The van der Waals surface area contributed by atoms with Gasteiger partial charge < -0.3 is 4.98 Å². The van der Waals surface area contributed by atoms with Crippen molar-refractivity contribution < 1.29 is 0 Å². The fourth-order valence-corrected chi connectivity index (χ4v) is 4.25. The third-order valence-corrected chi connectivity index (χ3v) is 5.84. The van der Waals surface area contributed by atoms with Crippen molar-refractivity contribution in [3.05, 3.63) is 78.8 Å². The van der Waals surface area contributed by atoms with Gasteiger partial charge in [-0.1, -0.05) is 37.8 Å². The smallest absolute Gasteiger partial charge is 0.254 e. The van der Waals surface area contributed by atoms with Crippen LogP contribution in [-0.2, 0) is 18.6 Å². The second-order valence-electron chi connectivity index (χ2n) is 6.76. The standard InChI is InChI=1S/C20H21N3OS2.C3H8/c1-14-18(9-8-16-6-4-3-5-7-16)20(24)23-19(21-14)10-11-25-12-17-13-26-15(2)22-17;1-3-2/h3-4,6,13H,8-12H2,1-2H3,(H,21,23,24);3H2,1-2H3. The molecule has 29 heavy (non-hydrogen) atoms. The zero-order chi connectivity index (χ0) is 21.1. The Morgan fingerprint density at radius 2 is 1.97 bits per heavy atom. The highest BCUT2D eigenvalue weighted by Crippen LogP contribution is 2.16. The van der Waals surface area contributed by atoms with E-state index < -0.39 is 0 Å². The van der Waals surface area contributed by atoms with E-state index >= 15 is 0 Å². The highest BCUT2D eigenvalue weighted by atomic mass is 32.2. The van der Waals surface area contributed by atoms with E-state index in [1.54, 1.807) is 11.3 Å². The summed E-state index contributed by atoms with van der Waals surface area (Å²) in [5, 5.41) is 3.20. The monoisotopic (exact) mass is 427 g/mol. The molecule has 0 radical (unpaired) electrons. The van der Waals surface area contributed by atoms with Crippen molar-refractivity contribution in [2.45, 2.75) is 59.1 Å². The number of thioether (sulfide) groups is 1. The molecule has 4 nitrogen and oxygen atoms in total. The molecule has 0 unspecified atom stereocenters. The van der Waals surface area contributed by atoms with E-state index in [0.717, 1.165) is 57.7 Å². The number of hydrogen-bond donors (Lipinski definition) is 1. The maximum atomic E-state index is 12.4. The van der Waals surface area contributed by atoms with Gasteiger partial charge in [0.05, 0.1) is 10.7 Å². The second kappa shape index (κ2) is 12.5. The molecule has 0 amide bonds. The minimum Gasteiger partial charge on any atom is -0.310 e. The number of aryl methyl sites for hydroxylation is 3. The van der Waals surface area contributed by atoms with Crippen molar-refractivity contribution in [2.75, 3.05) is 5.75 Å². The molecule has 0 saturated carbocycles. The zero-order valence-electron chi connectivity index (χ0n) is 17.7. The van der Waals surface area contributed by atoms with Crippen LogP contribution in [0.1, 0.15) is 54.5 Å². The summed E-state index contributed by atoms with van der Waals surface area (Å²) in [6.07, 6.45) is 9.21. The van der Waals surface area contributed by atoms with Crippen molar-refractivity contribution in [1.82, 2.24) is 15.0 Å². The lowest BCUT2D eigenvalue weighted by Gasteiger charge is -2.07. The molecular weight excluding hydrogens is 398 g/mol. The number of nitrogens with zero attached hydrogens (tertiary/aromatic N) is 2. The lowest BCUT2D eigenvalue weighted by Crippen LogP contribution is -2.19. The molecule has 0 spiro atoms. The van der Waals surface area contributed by atoms with E-state index in [4.69, 9.17) is 0 Å². The third-order valence-electron chi connectivity index (χ3n) is 4.03. The van der Waals surface area contributed by atoms with Crippen LogP contribution in [0.5, 0.6) is 0 Å². The molecule has 0 saturated heterocycles. The molecular formula is C23H29N3OS2. The molecule has 0 aliphatic heterocycles. The maximum Gasteiger partial charge on any atom is 0.254 e. The van der Waals surface area contributed by atoms with Gasteiger partial charge in [0.15, 0.2) is 0 Å². The summed E-state index contributed by atoms with van der Waals surface area (Å²) >= 11 is 3.49. The molecule has 2 aromatic heterocycles. The van der Waals surface area contributed by atoms with E-state index in [9.17, 15) is 4.79 Å². The molecule has 0 fully saturated rings. The molecule has 0 aromatic carbocycles. The van der Waals surface area contributed by atoms with Crippen LogP contribution in [-0.4, -0.2) is 20.7 Å². The second-order valence-corrected chi connectivity index (χ2v) is 8.93. The fourth-order valence-electron chi connectivity index (χ4n) is 2.70. The third kappa shape index (κ3) is 8.04. The van der Waals surface area contributed by atoms with Gasteiger partial charge in [0, 0.05) is 40.1 Å². The first-order valence-corrected chi connectivity index (χ1v) is 12.0. The lowest BCUT2D eigenvalue weighted by atomic mass is 10.0. The lowest BCUT2D eigenvalue weighted by molar-refractivity contribution is 0.842. The molecule has 2 heterocycles. The van der Waals surface area contributed by atoms with Gasteiger partial charge in [-0.2, -0.15) is 11.8 Å². The van der Waals surface area contributed by atoms with Crippen molar-refractivity contribution in [2.24, 2.45) is 0 Å². The van der Waals surface area contributed by atoms with E-state index in [0.29, 0.717) is 6.42 Å². The minimum atomic E-state index is -0.0208. The molecule has 6 heteroatoms. The van der Waals surface area contributed by atoms with Gasteiger partial charge in [-0.15, -0.1) is 11.3 Å². The number of aromatic amines is 1. The van der Waals surface area contributed by atoms with Gasteiger partial charge in [-0.3, -0.25) is 4.79 Å². The zero-order valence-corrected chi connectivity index (χ0v) is 19.3. The average molecular weight is 428 g/mol. The molecule has 1 N–H and O–H groups in total. The summed E-state index contributed by atoms with van der Waals surface area (Å²) in [4.78, 5) is 24.4. The Hall–Kier alpha value is -2.10. The van der Waals surface area contributed by atoms with Crippen LogP contribution in [0.15, 0.2) is 45.4 Å². The van der Waals surface area contributed by atoms with Crippen LogP contribution in [0, 0.1) is 13.8 Å². The summed E-state index contributed by atoms with van der Waals surface area (Å²) in [6.45, 7) is 8.19. The predicted molar refractivity (Wildman–Crippen MR) is 125 cm³/mol. The van der Waals surface area contributed by atoms with Crippen molar-refractivity contribution in [3.63, 3.8) is 0 Å². The summed E-state index contributed by atoms with van der Waals surface area (Å²) in [6, 6.07) is 0. The highest BCUT2D eigenvalue weighted by Gasteiger charge is 2.09. The Kier molecular flexibility index (Phi) is 9.96. The van der Waals surface area contributed by atoms with Crippen LogP contribution < -0.4 is 5.56 Å². The topological polar surface area (TPSA) is 58.6 Å². The Bertz CT molecular complexity index is 988. The molecule has 0 bridgehead atoms. The van der Waals surface area contributed by atoms with Crippen LogP contribution in [0.25, 0.3) is 0 Å². The van der Waals surface area contributed by atoms with Gasteiger partial charge in [0.2, 0.25) is 0 Å². The van der Waals surface area contributed by atoms with Crippen LogP contribution in [0.4, 0.5) is 0 Å². The number of H-pyrrole nitrogens is 1. The number of hydrogen-bond acceptors (Lipinski definition) is 5. The summed E-state index contributed by atoms with van der Waals surface area (Å²) < 4.78 is 0. The molecule has 1 aliphatic rings. The minimum absolute atomic E-state index is 0.0208. The Labute approximate surface area is 181 Å². The van der Waals surface area contributed by atoms with Crippen LogP contribution in [0.2, 0.25) is 0 Å². The SMILES string of the molecule is CCC.Cc1nc(CSCCc2nc(C)c(CCC3=C=C=CC=C3)c(=O)[nH]2)cs1. The Morgan fingerprint density at radius 3 is 2.59 bits per heavy atom. The van der Waals surface area contributed by atoms with Gasteiger partial charge in [0.25, 0.3) is 5.56 Å². The summed E-state index contributed by atoms with van der Waals surface area (Å²) in [5.74, 6) is 2.57. The first-order valence-electron chi connectivity index (χ1n) is 9.98. The van der Waals surface area contributed by atoms with Crippen LogP contribution in [0.3, 0.4) is 0 Å². The Morgan fingerprint density at radius 1 is 1.17 bits per heavy atom. The Balaban J connectivity index is 0.000000941. The maximum absolute atomic E-state index is 12.4. The largest absolute Gasteiger partial charge is 0.310 e. The van der Waals surface area contributed by atoms with E-state index in [-0.39, 0.29) is 5.56 Å². The van der Waals surface area contributed by atoms with Crippen LogP contribution >= 0.6 is 23.1 Å². The number of allylic oxidation sites excluding steroid dienone is 4. The summed E-state index contributed by atoms with van der Waals surface area (Å²) in [7, 11) is 0. The van der Waals surface area contributed by atoms with Gasteiger partial charge in [-0.05, 0) is 38.8 Å². The van der Waals surface area contributed by atoms with Gasteiger partial charge >= 0.3 is 0 Å². The average Bonchev–Trinajstić information content (AvgIpc) is 3.11. The molecule has 2 aromatic rings. The number of aromatic nitrogens is 3. The van der Waals surface area contributed by atoms with Crippen molar-refractivity contribution >= 4 is 23.1 Å². The first-order chi connectivity index (χ1) is 14.0. The number of thiazole rings is 1. The quantitative estimate of drug-likeness (QED) is 0.448. The predicted octanol–water partition coefficient (Wildman–Crippen LogP) is 5.47. The first kappa shape index (κ1) is 23.2. The molecule has 1 aliphatic carbocycles. The fraction of sp³-hybridized carbons (Fsp3) is 0.435. The van der Waals surface area contributed by atoms with E-state index in [1.165, 1.54) is 6.42 Å². The van der Waals surface area contributed by atoms with E-state index in [1.807, 2.05) is 43.8 Å². The molecule has 154 valence electrons. The summed E-state index contributed by atoms with van der Waals surface area (Å²) in [5.41, 5.74) is 9.77. The number of nitrogens with one attached hydrogen (secondary N) is 1. The van der Waals surface area contributed by atoms with E-state index in [2.05, 4.69) is 45.6 Å². The molecule has 0 atom stereocenters. The normalized spacial score (nSPS) is 11.9. The molecule has 3 rings (SSSR count). The van der Waals surface area contributed by atoms with Crippen molar-refractivity contribution in [3.8, 4) is 0 Å². The van der Waals surface area contributed by atoms with Crippen molar-refractivity contribution in [1.29, 1.82) is 0 Å². The van der Waals surface area contributed by atoms with Gasteiger partial charge in [0.1, 0.15) is 5.82 Å².